The van der Waals surface area contributed by atoms with Crippen LogP contribution in [0.1, 0.15) is 31.7 Å². The summed E-state index contributed by atoms with van der Waals surface area (Å²) in [5, 5.41) is 6.26. The minimum absolute atomic E-state index is 0.0546. The smallest absolute Gasteiger partial charge is 0.224 e. The van der Waals surface area contributed by atoms with Crippen molar-refractivity contribution >= 4 is 11.6 Å². The van der Waals surface area contributed by atoms with E-state index in [4.69, 9.17) is 0 Å². The Morgan fingerprint density at radius 3 is 2.48 bits per heavy atom. The Balaban J connectivity index is 1.80. The van der Waals surface area contributed by atoms with Gasteiger partial charge in [-0.05, 0) is 43.5 Å². The summed E-state index contributed by atoms with van der Waals surface area (Å²) in [6.07, 6.45) is 4.11. The number of likely N-dealkylation sites (N-methyl/N-ethyl adjacent to an activating group) is 1. The van der Waals surface area contributed by atoms with Crippen LogP contribution in [0.15, 0.2) is 24.3 Å². The Hall–Kier alpha value is -1.55. The molecule has 1 aliphatic rings. The molecule has 0 unspecified atom stereocenters. The van der Waals surface area contributed by atoms with E-state index in [0.717, 1.165) is 11.3 Å². The molecule has 0 bridgehead atoms. The fourth-order valence-corrected chi connectivity index (χ4v) is 2.85. The van der Waals surface area contributed by atoms with Gasteiger partial charge in [-0.3, -0.25) is 4.79 Å². The number of amides is 1. The van der Waals surface area contributed by atoms with Crippen LogP contribution >= 0.6 is 0 Å². The average molecular weight is 289 g/mol. The average Bonchev–Trinajstić information content (AvgIpc) is 2.51. The lowest BCUT2D eigenvalue weighted by molar-refractivity contribution is -0.119. The molecule has 0 aromatic heterocycles. The zero-order valence-electron chi connectivity index (χ0n) is 13.2. The molecule has 2 rings (SSSR count). The zero-order valence-corrected chi connectivity index (χ0v) is 13.2. The van der Waals surface area contributed by atoms with Gasteiger partial charge in [0.2, 0.25) is 5.91 Å². The van der Waals surface area contributed by atoms with Gasteiger partial charge in [-0.25, -0.2) is 0 Å². The summed E-state index contributed by atoms with van der Waals surface area (Å²) in [6.45, 7) is 5.85. The molecule has 1 fully saturated rings. The summed E-state index contributed by atoms with van der Waals surface area (Å²) in [4.78, 5) is 13.9. The topological polar surface area (TPSA) is 44.4 Å². The number of nitrogens with one attached hydrogen (secondary N) is 2. The van der Waals surface area contributed by atoms with E-state index in [-0.39, 0.29) is 5.91 Å². The first-order chi connectivity index (χ1) is 10.2. The lowest BCUT2D eigenvalue weighted by Crippen LogP contribution is -2.39. The van der Waals surface area contributed by atoms with Crippen molar-refractivity contribution in [2.24, 2.45) is 0 Å². The van der Waals surface area contributed by atoms with Gasteiger partial charge in [0.1, 0.15) is 0 Å². The first kappa shape index (κ1) is 15.8. The van der Waals surface area contributed by atoms with E-state index in [1.807, 2.05) is 12.1 Å². The molecule has 0 aliphatic carbocycles. The van der Waals surface area contributed by atoms with Crippen LogP contribution in [0, 0.1) is 0 Å². The minimum atomic E-state index is 0.0546. The van der Waals surface area contributed by atoms with Crippen molar-refractivity contribution in [3.8, 4) is 0 Å². The third-order valence-corrected chi connectivity index (χ3v) is 4.10. The van der Waals surface area contributed by atoms with Crippen LogP contribution in [0.4, 0.5) is 5.69 Å². The summed E-state index contributed by atoms with van der Waals surface area (Å²) < 4.78 is 0. The van der Waals surface area contributed by atoms with Crippen LogP contribution in [0.5, 0.6) is 0 Å². The van der Waals surface area contributed by atoms with Gasteiger partial charge in [-0.15, -0.1) is 0 Å². The molecular weight excluding hydrogens is 262 g/mol. The van der Waals surface area contributed by atoms with Gasteiger partial charge in [0.15, 0.2) is 0 Å². The molecule has 0 atom stereocenters. The maximum absolute atomic E-state index is 11.3. The molecule has 4 heteroatoms. The van der Waals surface area contributed by atoms with Crippen molar-refractivity contribution in [3.05, 3.63) is 29.8 Å². The van der Waals surface area contributed by atoms with E-state index in [2.05, 4.69) is 34.6 Å². The first-order valence-electron chi connectivity index (χ1n) is 7.99. The number of hydrogen-bond donors (Lipinski definition) is 2. The second kappa shape index (κ2) is 8.03. The number of likely N-dealkylation sites (tertiary alicyclic amines) is 1. The van der Waals surface area contributed by atoms with E-state index < -0.39 is 0 Å². The van der Waals surface area contributed by atoms with Crippen LogP contribution in [0.2, 0.25) is 0 Å². The largest absolute Gasteiger partial charge is 0.382 e. The van der Waals surface area contributed by atoms with Gasteiger partial charge in [0.05, 0.1) is 6.42 Å². The van der Waals surface area contributed by atoms with Crippen LogP contribution in [0.25, 0.3) is 0 Å². The quantitative estimate of drug-likeness (QED) is 0.844. The second-order valence-electron chi connectivity index (χ2n) is 5.81. The molecule has 4 nitrogen and oxygen atoms in total. The molecule has 1 aliphatic heterocycles. The number of anilines is 1. The number of benzene rings is 1. The van der Waals surface area contributed by atoms with Crippen molar-refractivity contribution in [1.29, 1.82) is 0 Å². The van der Waals surface area contributed by atoms with Gasteiger partial charge in [-0.2, -0.15) is 0 Å². The predicted octanol–water partition coefficient (Wildman–Crippen LogP) is 2.26. The summed E-state index contributed by atoms with van der Waals surface area (Å²) in [5.41, 5.74) is 2.21. The van der Waals surface area contributed by atoms with Gasteiger partial charge in [0, 0.05) is 31.9 Å². The summed E-state index contributed by atoms with van der Waals surface area (Å²) in [7, 11) is 1.67. The molecule has 1 amide bonds. The number of carbonyl (C=O) groups excluding carboxylic acids is 1. The first-order valence-corrected chi connectivity index (χ1v) is 7.99. The van der Waals surface area contributed by atoms with Crippen molar-refractivity contribution in [2.75, 3.05) is 32.0 Å². The third kappa shape index (κ3) is 5.05. The Morgan fingerprint density at radius 2 is 1.90 bits per heavy atom. The minimum Gasteiger partial charge on any atom is -0.382 e. The van der Waals surface area contributed by atoms with Crippen LogP contribution < -0.4 is 10.6 Å². The molecule has 1 aromatic carbocycles. The fourth-order valence-electron chi connectivity index (χ4n) is 2.85. The molecule has 1 heterocycles. The highest BCUT2D eigenvalue weighted by molar-refractivity contribution is 5.78. The van der Waals surface area contributed by atoms with Crippen LogP contribution in [-0.4, -0.2) is 43.5 Å². The maximum Gasteiger partial charge on any atom is 0.224 e. The monoisotopic (exact) mass is 289 g/mol. The Kier molecular flexibility index (Phi) is 6.05. The summed E-state index contributed by atoms with van der Waals surface area (Å²) in [6, 6.07) is 8.80. The number of hydrogen-bond acceptors (Lipinski definition) is 3. The lowest BCUT2D eigenvalue weighted by Gasteiger charge is -2.32. The molecule has 1 aromatic rings. The van der Waals surface area contributed by atoms with Crippen molar-refractivity contribution < 1.29 is 4.79 Å². The van der Waals surface area contributed by atoms with Crippen LogP contribution in [-0.2, 0) is 11.2 Å². The van der Waals surface area contributed by atoms with Gasteiger partial charge in [0.25, 0.3) is 0 Å². The van der Waals surface area contributed by atoms with Gasteiger partial charge >= 0.3 is 0 Å². The number of carbonyl (C=O) groups is 1. The Labute approximate surface area is 127 Å². The van der Waals surface area contributed by atoms with Crippen molar-refractivity contribution in [1.82, 2.24) is 10.2 Å². The van der Waals surface area contributed by atoms with Crippen molar-refractivity contribution in [3.63, 3.8) is 0 Å². The number of nitrogens with zero attached hydrogens (tertiary/aromatic N) is 1. The summed E-state index contributed by atoms with van der Waals surface area (Å²) in [5.74, 6) is 0.0546. The summed E-state index contributed by atoms with van der Waals surface area (Å²) >= 11 is 0. The van der Waals surface area contributed by atoms with E-state index in [0.29, 0.717) is 12.5 Å². The molecule has 0 spiro atoms. The molecule has 21 heavy (non-hydrogen) atoms. The van der Waals surface area contributed by atoms with Crippen LogP contribution in [0.3, 0.4) is 0 Å². The van der Waals surface area contributed by atoms with E-state index in [1.165, 1.54) is 38.9 Å². The normalized spacial score (nSPS) is 16.7. The molecule has 116 valence electrons. The molecule has 0 saturated carbocycles. The zero-order chi connectivity index (χ0) is 15.1. The number of rotatable bonds is 6. The lowest BCUT2D eigenvalue weighted by atomic mass is 10.0. The Bertz CT molecular complexity index is 436. The SMILES string of the molecule is CCCN1CCC(Nc2ccc(CC(=O)NC)cc2)CC1. The predicted molar refractivity (Wildman–Crippen MR) is 87.6 cm³/mol. The highest BCUT2D eigenvalue weighted by Crippen LogP contribution is 2.17. The third-order valence-electron chi connectivity index (χ3n) is 4.10. The fraction of sp³-hybridized carbons (Fsp3) is 0.588. The van der Waals surface area contributed by atoms with E-state index >= 15 is 0 Å². The van der Waals surface area contributed by atoms with Gasteiger partial charge in [-0.1, -0.05) is 19.1 Å². The van der Waals surface area contributed by atoms with Crippen molar-refractivity contribution in [2.45, 2.75) is 38.6 Å². The molecule has 2 N–H and O–H groups in total. The van der Waals surface area contributed by atoms with E-state index in [1.54, 1.807) is 7.05 Å². The number of piperidine rings is 1. The Morgan fingerprint density at radius 1 is 1.24 bits per heavy atom. The molecule has 1 saturated heterocycles. The highest BCUT2D eigenvalue weighted by atomic mass is 16.1. The molecular formula is C17H27N3O. The maximum atomic E-state index is 11.3. The van der Waals surface area contributed by atoms with E-state index in [9.17, 15) is 4.79 Å². The molecule has 0 radical (unpaired) electrons. The van der Waals surface area contributed by atoms with Gasteiger partial charge < -0.3 is 15.5 Å². The highest BCUT2D eigenvalue weighted by Gasteiger charge is 2.18. The standard InChI is InChI=1S/C17H27N3O/c1-3-10-20-11-8-16(9-12-20)19-15-6-4-14(5-7-15)13-17(21)18-2/h4-7,16,19H,3,8-13H2,1-2H3,(H,18,21). The second-order valence-corrected chi connectivity index (χ2v) is 5.81.